The van der Waals surface area contributed by atoms with E-state index in [1.54, 1.807) is 0 Å². The van der Waals surface area contributed by atoms with Gasteiger partial charge in [0.05, 0.1) is 16.1 Å². The fraction of sp³-hybridized carbons (Fsp3) is 0.143. The van der Waals surface area contributed by atoms with Crippen molar-refractivity contribution >= 4 is 17.2 Å². The number of hydrogen-bond acceptors (Lipinski definition) is 2. The highest BCUT2D eigenvalue weighted by atomic mass is 35.5. The van der Waals surface area contributed by atoms with Crippen molar-refractivity contribution in [3.63, 3.8) is 0 Å². The van der Waals surface area contributed by atoms with Crippen molar-refractivity contribution in [3.05, 3.63) is 52.7 Å². The lowest BCUT2D eigenvalue weighted by atomic mass is 10.1. The second-order valence-corrected chi connectivity index (χ2v) is 5.26. The Morgan fingerprint density at radius 3 is 2.21 bits per heavy atom. The smallest absolute Gasteiger partial charge is 0.218 e. The molecule has 0 aliphatic heterocycles. The third-order valence-corrected chi connectivity index (χ3v) is 3.44. The van der Waals surface area contributed by atoms with Crippen molar-refractivity contribution in [2.45, 2.75) is 12.4 Å². The molecule has 3 rings (SSSR count). The van der Waals surface area contributed by atoms with Gasteiger partial charge in [0, 0.05) is 11.8 Å². The summed E-state index contributed by atoms with van der Waals surface area (Å²) in [6, 6.07) is 4.85. The van der Waals surface area contributed by atoms with Gasteiger partial charge < -0.3 is 0 Å². The van der Waals surface area contributed by atoms with E-state index in [2.05, 4.69) is 10.1 Å². The van der Waals surface area contributed by atoms with Crippen LogP contribution in [0.3, 0.4) is 0 Å². The molecule has 0 saturated heterocycles. The zero-order valence-electron chi connectivity index (χ0n) is 11.5. The number of halogens is 7. The van der Waals surface area contributed by atoms with Crippen molar-refractivity contribution in [1.29, 1.82) is 0 Å². The number of benzene rings is 1. The summed E-state index contributed by atoms with van der Waals surface area (Å²) in [5.74, 6) is -0.165. The molecule has 0 N–H and O–H groups in total. The Morgan fingerprint density at radius 2 is 1.58 bits per heavy atom. The minimum Gasteiger partial charge on any atom is -0.218 e. The molecule has 126 valence electrons. The molecule has 3 aromatic rings. The predicted molar refractivity (Wildman–Crippen MR) is 73.4 cm³/mol. The van der Waals surface area contributed by atoms with Gasteiger partial charge in [0.2, 0.25) is 0 Å². The highest BCUT2D eigenvalue weighted by Gasteiger charge is 2.33. The van der Waals surface area contributed by atoms with Crippen molar-refractivity contribution in [2.24, 2.45) is 0 Å². The van der Waals surface area contributed by atoms with E-state index >= 15 is 0 Å². The standard InChI is InChI=1S/C14H6ClF6N3/c15-10-5-9(14(19,20)21)6-24-12(10)22-11(23-24)7-2-1-3-8(4-7)13(16,17)18/h1-6H. The highest BCUT2D eigenvalue weighted by Crippen LogP contribution is 2.34. The summed E-state index contributed by atoms with van der Waals surface area (Å²) < 4.78 is 77.3. The van der Waals surface area contributed by atoms with Gasteiger partial charge in [-0.2, -0.15) is 26.3 Å². The Balaban J connectivity index is 2.14. The SMILES string of the molecule is FC(F)(F)c1cccc(-c2nc3c(Cl)cc(C(F)(F)F)cn3n2)c1. The van der Waals surface area contributed by atoms with Crippen LogP contribution in [-0.4, -0.2) is 14.6 Å². The van der Waals surface area contributed by atoms with Crippen LogP contribution < -0.4 is 0 Å². The van der Waals surface area contributed by atoms with Gasteiger partial charge in [0.25, 0.3) is 0 Å². The van der Waals surface area contributed by atoms with E-state index < -0.39 is 23.5 Å². The zero-order chi connectivity index (χ0) is 17.7. The lowest BCUT2D eigenvalue weighted by Gasteiger charge is -2.07. The van der Waals surface area contributed by atoms with Gasteiger partial charge in [-0.25, -0.2) is 9.50 Å². The Labute approximate surface area is 135 Å². The van der Waals surface area contributed by atoms with E-state index in [9.17, 15) is 26.3 Å². The molecular formula is C14H6ClF6N3. The van der Waals surface area contributed by atoms with Gasteiger partial charge in [0.1, 0.15) is 0 Å². The molecule has 0 bridgehead atoms. The molecule has 2 aromatic heterocycles. The van der Waals surface area contributed by atoms with Crippen LogP contribution in [0.1, 0.15) is 11.1 Å². The van der Waals surface area contributed by atoms with Gasteiger partial charge in [0.15, 0.2) is 11.5 Å². The number of fused-ring (bicyclic) bond motifs is 1. The number of rotatable bonds is 1. The van der Waals surface area contributed by atoms with Crippen LogP contribution in [0.4, 0.5) is 26.3 Å². The van der Waals surface area contributed by atoms with Crippen molar-refractivity contribution in [3.8, 4) is 11.4 Å². The Morgan fingerprint density at radius 1 is 0.917 bits per heavy atom. The minimum atomic E-state index is -4.64. The molecule has 0 spiro atoms. The number of pyridine rings is 1. The first kappa shape index (κ1) is 16.6. The van der Waals surface area contributed by atoms with Gasteiger partial charge in [-0.3, -0.25) is 0 Å². The van der Waals surface area contributed by atoms with Gasteiger partial charge >= 0.3 is 12.4 Å². The molecule has 1 aromatic carbocycles. The van der Waals surface area contributed by atoms with Crippen LogP contribution >= 0.6 is 11.6 Å². The van der Waals surface area contributed by atoms with E-state index in [1.165, 1.54) is 6.07 Å². The second-order valence-electron chi connectivity index (χ2n) is 4.86. The molecule has 0 fully saturated rings. The summed E-state index contributed by atoms with van der Waals surface area (Å²) in [5, 5.41) is 3.49. The quantitative estimate of drug-likeness (QED) is 0.562. The third-order valence-electron chi connectivity index (χ3n) is 3.16. The van der Waals surface area contributed by atoms with Crippen LogP contribution in [0.15, 0.2) is 36.5 Å². The third kappa shape index (κ3) is 3.03. The van der Waals surface area contributed by atoms with Gasteiger partial charge in [-0.1, -0.05) is 23.7 Å². The van der Waals surface area contributed by atoms with Crippen LogP contribution in [-0.2, 0) is 12.4 Å². The molecule has 0 aliphatic rings. The average Bonchev–Trinajstić information content (AvgIpc) is 2.90. The number of hydrogen-bond donors (Lipinski definition) is 0. The maximum Gasteiger partial charge on any atom is 0.417 e. The molecule has 3 nitrogen and oxygen atoms in total. The largest absolute Gasteiger partial charge is 0.417 e. The monoisotopic (exact) mass is 365 g/mol. The summed E-state index contributed by atoms with van der Waals surface area (Å²) in [6.07, 6.45) is -8.53. The predicted octanol–water partition coefficient (Wildman–Crippen LogP) is 5.09. The van der Waals surface area contributed by atoms with Crippen LogP contribution in [0.25, 0.3) is 17.0 Å². The zero-order valence-corrected chi connectivity index (χ0v) is 12.2. The fourth-order valence-corrected chi connectivity index (χ4v) is 2.30. The van der Waals surface area contributed by atoms with Crippen molar-refractivity contribution in [2.75, 3.05) is 0 Å². The van der Waals surface area contributed by atoms with E-state index in [4.69, 9.17) is 11.6 Å². The lowest BCUT2D eigenvalue weighted by Crippen LogP contribution is -2.07. The first-order valence-electron chi connectivity index (χ1n) is 6.36. The van der Waals surface area contributed by atoms with E-state index in [1.807, 2.05) is 0 Å². The molecule has 0 unspecified atom stereocenters. The molecule has 2 heterocycles. The minimum absolute atomic E-state index is 0.0122. The van der Waals surface area contributed by atoms with Crippen LogP contribution in [0, 0.1) is 0 Å². The van der Waals surface area contributed by atoms with Crippen LogP contribution in [0.2, 0.25) is 5.02 Å². The average molecular weight is 366 g/mol. The molecule has 0 amide bonds. The Bertz CT molecular complexity index is 913. The number of aromatic nitrogens is 3. The molecular weight excluding hydrogens is 360 g/mol. The summed E-state index contributed by atoms with van der Waals surface area (Å²) in [7, 11) is 0. The Hall–Kier alpha value is -2.29. The van der Waals surface area contributed by atoms with E-state index in [-0.39, 0.29) is 22.1 Å². The van der Waals surface area contributed by atoms with Crippen molar-refractivity contribution in [1.82, 2.24) is 14.6 Å². The molecule has 10 heteroatoms. The summed E-state index contributed by atoms with van der Waals surface area (Å²) in [6.45, 7) is 0. The second kappa shape index (κ2) is 5.37. The van der Waals surface area contributed by atoms with Gasteiger partial charge in [-0.15, -0.1) is 5.10 Å². The normalized spacial score (nSPS) is 12.8. The summed E-state index contributed by atoms with van der Waals surface area (Å²) in [4.78, 5) is 3.91. The molecule has 0 radical (unpaired) electrons. The van der Waals surface area contributed by atoms with E-state index in [0.29, 0.717) is 12.3 Å². The lowest BCUT2D eigenvalue weighted by molar-refractivity contribution is -0.138. The van der Waals surface area contributed by atoms with Gasteiger partial charge in [-0.05, 0) is 18.2 Å². The highest BCUT2D eigenvalue weighted by molar-refractivity contribution is 6.33. The number of alkyl halides is 6. The topological polar surface area (TPSA) is 30.2 Å². The first-order chi connectivity index (χ1) is 11.1. The maximum atomic E-state index is 12.8. The van der Waals surface area contributed by atoms with E-state index in [0.717, 1.165) is 22.7 Å². The van der Waals surface area contributed by atoms with Crippen molar-refractivity contribution < 1.29 is 26.3 Å². The Kier molecular flexibility index (Phi) is 3.71. The fourth-order valence-electron chi connectivity index (χ4n) is 2.06. The van der Waals surface area contributed by atoms with Crippen LogP contribution in [0.5, 0.6) is 0 Å². The first-order valence-corrected chi connectivity index (χ1v) is 6.74. The maximum absolute atomic E-state index is 12.8. The molecule has 0 saturated carbocycles. The molecule has 0 atom stereocenters. The summed E-state index contributed by atoms with van der Waals surface area (Å²) in [5.41, 5.74) is -2.03. The number of nitrogens with zero attached hydrogens (tertiary/aromatic N) is 3. The molecule has 24 heavy (non-hydrogen) atoms. The summed E-state index contributed by atoms with van der Waals surface area (Å²) >= 11 is 5.77. The molecule has 0 aliphatic carbocycles.